The number of hydrogen-bond donors (Lipinski definition) is 0. The van der Waals surface area contributed by atoms with Crippen molar-refractivity contribution in [2.24, 2.45) is 5.10 Å². The maximum atomic E-state index is 5.61. The lowest BCUT2D eigenvalue weighted by atomic mass is 10.4. The first-order valence-corrected chi connectivity index (χ1v) is 3.36. The average molecular weight is 145 g/mol. The van der Waals surface area contributed by atoms with Crippen LogP contribution < -0.4 is 0 Å². The molecule has 0 fully saturated rings. The van der Waals surface area contributed by atoms with Crippen LogP contribution in [0.3, 0.4) is 0 Å². The van der Waals surface area contributed by atoms with Crippen LogP contribution in [0.1, 0.15) is 6.92 Å². The summed E-state index contributed by atoms with van der Waals surface area (Å²) in [5, 5.41) is 6.51. The Bertz CT molecular complexity index is 151. The van der Waals surface area contributed by atoms with Crippen LogP contribution in [-0.2, 0) is 0 Å². The van der Waals surface area contributed by atoms with Gasteiger partial charge in [0.2, 0.25) is 0 Å². The Hall–Kier alpha value is -0.500. The van der Waals surface area contributed by atoms with Crippen molar-refractivity contribution in [3.8, 4) is 0 Å². The molecule has 0 aromatic heterocycles. The van der Waals surface area contributed by atoms with Crippen molar-refractivity contribution in [2.45, 2.75) is 6.92 Å². The maximum Gasteiger partial charge on any atom is 0.148 e. The first-order valence-electron chi connectivity index (χ1n) is 2.98. The highest BCUT2D eigenvalue weighted by molar-refractivity contribution is 6.68. The molecule has 0 bridgehead atoms. The van der Waals surface area contributed by atoms with Gasteiger partial charge in [-0.25, -0.2) is 0 Å². The van der Waals surface area contributed by atoms with Gasteiger partial charge in [0.1, 0.15) is 5.17 Å². The molecule has 1 aliphatic heterocycles. The normalized spacial score (nSPS) is 18.0. The van der Waals surface area contributed by atoms with E-state index in [2.05, 4.69) is 5.10 Å². The Morgan fingerprint density at radius 1 is 1.89 bits per heavy atom. The monoisotopic (exact) mass is 144 g/mol. The second-order valence-corrected chi connectivity index (χ2v) is 2.22. The predicted octanol–water partition coefficient (Wildman–Crippen LogP) is 1.43. The van der Waals surface area contributed by atoms with Crippen molar-refractivity contribution in [2.75, 3.05) is 13.1 Å². The van der Waals surface area contributed by atoms with Crippen LogP contribution in [0.15, 0.2) is 17.3 Å². The van der Waals surface area contributed by atoms with E-state index in [-0.39, 0.29) is 0 Å². The molecule has 0 aromatic carbocycles. The molecule has 0 N–H and O–H groups in total. The van der Waals surface area contributed by atoms with Crippen molar-refractivity contribution < 1.29 is 0 Å². The summed E-state index contributed by atoms with van der Waals surface area (Å²) in [6, 6.07) is 0. The largest absolute Gasteiger partial charge is 0.292 e. The van der Waals surface area contributed by atoms with E-state index in [4.69, 9.17) is 11.6 Å². The molecule has 0 aromatic rings. The van der Waals surface area contributed by atoms with Gasteiger partial charge in [0.05, 0.1) is 6.54 Å². The molecule has 0 amide bonds. The highest BCUT2D eigenvalue weighted by Crippen LogP contribution is 2.00. The Kier molecular flexibility index (Phi) is 2.11. The average Bonchev–Trinajstić information content (AvgIpc) is 1.88. The van der Waals surface area contributed by atoms with Gasteiger partial charge >= 0.3 is 0 Å². The van der Waals surface area contributed by atoms with E-state index in [1.54, 1.807) is 0 Å². The molecule has 3 heteroatoms. The van der Waals surface area contributed by atoms with Gasteiger partial charge in [-0.15, -0.1) is 0 Å². The molecule has 0 unspecified atom stereocenters. The topological polar surface area (TPSA) is 15.6 Å². The number of nitrogens with zero attached hydrogens (tertiary/aromatic N) is 2. The molecule has 1 aliphatic rings. The highest BCUT2D eigenvalue weighted by atomic mass is 35.5. The van der Waals surface area contributed by atoms with Crippen molar-refractivity contribution >= 4 is 16.8 Å². The van der Waals surface area contributed by atoms with Crippen LogP contribution in [0.4, 0.5) is 0 Å². The van der Waals surface area contributed by atoms with Crippen molar-refractivity contribution in [1.82, 2.24) is 5.01 Å². The highest BCUT2D eigenvalue weighted by Gasteiger charge is 2.00. The van der Waals surface area contributed by atoms with Gasteiger partial charge in [-0.3, -0.25) is 5.01 Å². The van der Waals surface area contributed by atoms with Gasteiger partial charge in [-0.05, 0) is 13.0 Å². The minimum Gasteiger partial charge on any atom is -0.292 e. The summed E-state index contributed by atoms with van der Waals surface area (Å²) in [4.78, 5) is 0. The Morgan fingerprint density at radius 3 is 3.11 bits per heavy atom. The minimum atomic E-state index is 0.572. The third kappa shape index (κ3) is 1.72. The zero-order chi connectivity index (χ0) is 6.69. The first kappa shape index (κ1) is 6.62. The molecule has 50 valence electrons. The predicted molar refractivity (Wildman–Crippen MR) is 39.7 cm³/mol. The van der Waals surface area contributed by atoms with Crippen LogP contribution in [-0.4, -0.2) is 23.3 Å². The van der Waals surface area contributed by atoms with Gasteiger partial charge < -0.3 is 0 Å². The Balaban J connectivity index is 2.55. The summed E-state index contributed by atoms with van der Waals surface area (Å²) in [7, 11) is 0. The van der Waals surface area contributed by atoms with Gasteiger partial charge in [0.15, 0.2) is 0 Å². The van der Waals surface area contributed by atoms with Crippen LogP contribution >= 0.6 is 11.6 Å². The van der Waals surface area contributed by atoms with E-state index >= 15 is 0 Å². The molecule has 9 heavy (non-hydrogen) atoms. The van der Waals surface area contributed by atoms with E-state index in [1.807, 2.05) is 24.1 Å². The second kappa shape index (κ2) is 2.87. The Labute approximate surface area is 59.8 Å². The fourth-order valence-corrected chi connectivity index (χ4v) is 0.877. The summed E-state index contributed by atoms with van der Waals surface area (Å²) in [5.74, 6) is 0. The van der Waals surface area contributed by atoms with Crippen LogP contribution in [0.2, 0.25) is 0 Å². The molecular weight excluding hydrogens is 136 g/mol. The summed E-state index contributed by atoms with van der Waals surface area (Å²) < 4.78 is 0. The smallest absolute Gasteiger partial charge is 0.148 e. The molecule has 0 atom stereocenters. The number of halogens is 1. The molecule has 0 saturated heterocycles. The molecule has 1 rings (SSSR count). The number of hydrogen-bond acceptors (Lipinski definition) is 2. The molecular formula is C6H9ClN2. The first-order chi connectivity index (χ1) is 4.33. The van der Waals surface area contributed by atoms with Gasteiger partial charge in [-0.1, -0.05) is 17.7 Å². The summed E-state index contributed by atoms with van der Waals surface area (Å²) >= 11 is 5.61. The lowest BCUT2D eigenvalue weighted by molar-refractivity contribution is 0.336. The summed E-state index contributed by atoms with van der Waals surface area (Å²) in [6.45, 7) is 3.85. The van der Waals surface area contributed by atoms with E-state index in [1.165, 1.54) is 0 Å². The zero-order valence-corrected chi connectivity index (χ0v) is 6.10. The van der Waals surface area contributed by atoms with E-state index in [0.29, 0.717) is 5.17 Å². The SMILES string of the molecule is CCN1CC=CC(Cl)=N1. The third-order valence-corrected chi connectivity index (χ3v) is 1.38. The molecule has 0 radical (unpaired) electrons. The number of likely N-dealkylation sites (N-methyl/N-ethyl adjacent to an activating group) is 1. The zero-order valence-electron chi connectivity index (χ0n) is 5.34. The second-order valence-electron chi connectivity index (χ2n) is 1.83. The van der Waals surface area contributed by atoms with Crippen molar-refractivity contribution in [1.29, 1.82) is 0 Å². The molecule has 0 spiro atoms. The lowest BCUT2D eigenvalue weighted by Crippen LogP contribution is -2.20. The van der Waals surface area contributed by atoms with Gasteiger partial charge in [0.25, 0.3) is 0 Å². The number of hydrazone groups is 1. The number of allylic oxidation sites excluding steroid dienone is 1. The fraction of sp³-hybridized carbons (Fsp3) is 0.500. The number of rotatable bonds is 1. The van der Waals surface area contributed by atoms with Crippen LogP contribution in [0.25, 0.3) is 0 Å². The van der Waals surface area contributed by atoms with E-state index < -0.39 is 0 Å². The van der Waals surface area contributed by atoms with Crippen molar-refractivity contribution in [3.05, 3.63) is 12.2 Å². The minimum absolute atomic E-state index is 0.572. The standard InChI is InChI=1S/C6H9ClN2/c1-2-9-5-3-4-6(7)8-9/h3-4H,2,5H2,1H3. The fourth-order valence-electron chi connectivity index (χ4n) is 0.681. The van der Waals surface area contributed by atoms with Crippen LogP contribution in [0.5, 0.6) is 0 Å². The van der Waals surface area contributed by atoms with Gasteiger partial charge in [-0.2, -0.15) is 5.10 Å². The van der Waals surface area contributed by atoms with Gasteiger partial charge in [0, 0.05) is 6.54 Å². The third-order valence-electron chi connectivity index (χ3n) is 1.17. The molecule has 2 nitrogen and oxygen atoms in total. The van der Waals surface area contributed by atoms with E-state index in [9.17, 15) is 0 Å². The Morgan fingerprint density at radius 2 is 2.67 bits per heavy atom. The van der Waals surface area contributed by atoms with Crippen molar-refractivity contribution in [3.63, 3.8) is 0 Å². The lowest BCUT2D eigenvalue weighted by Gasteiger charge is -2.16. The van der Waals surface area contributed by atoms with E-state index in [0.717, 1.165) is 13.1 Å². The summed E-state index contributed by atoms with van der Waals surface area (Å²) in [6.07, 6.45) is 3.81. The molecule has 0 saturated carbocycles. The maximum absolute atomic E-state index is 5.61. The van der Waals surface area contributed by atoms with Crippen LogP contribution in [0, 0.1) is 0 Å². The summed E-state index contributed by atoms with van der Waals surface area (Å²) in [5.41, 5.74) is 0. The molecule has 0 aliphatic carbocycles. The molecule has 1 heterocycles. The quantitative estimate of drug-likeness (QED) is 0.544.